The van der Waals surface area contributed by atoms with Crippen molar-refractivity contribution in [2.24, 2.45) is 0 Å². The predicted molar refractivity (Wildman–Crippen MR) is 330 cm³/mol. The number of benzene rings is 13. The van der Waals surface area contributed by atoms with Crippen LogP contribution in [-0.2, 0) is 0 Å². The van der Waals surface area contributed by atoms with Crippen LogP contribution in [0, 0.1) is 0 Å². The average Bonchev–Trinajstić information content (AvgIpc) is 3.71. The molecule has 19 aromatic rings. The van der Waals surface area contributed by atoms with Gasteiger partial charge in [0.05, 0.1) is 55.2 Å². The van der Waals surface area contributed by atoms with Crippen molar-refractivity contribution in [1.82, 2.24) is 17.9 Å². The van der Waals surface area contributed by atoms with Gasteiger partial charge >= 0.3 is 0 Å². The smallest absolute Gasteiger partial charge is 0.0627 e. The van der Waals surface area contributed by atoms with E-state index < -0.39 is 0 Å². The van der Waals surface area contributed by atoms with E-state index in [1.165, 1.54) is 164 Å². The van der Waals surface area contributed by atoms with Crippen LogP contribution in [0.2, 0.25) is 0 Å². The Morgan fingerprint density at radius 3 is 1.17 bits per heavy atom. The van der Waals surface area contributed by atoms with Crippen molar-refractivity contribution in [1.29, 1.82) is 0 Å². The molecule has 0 aliphatic rings. The van der Waals surface area contributed by atoms with Crippen molar-refractivity contribution in [2.75, 3.05) is 0 Å². The molecule has 0 saturated heterocycles. The summed E-state index contributed by atoms with van der Waals surface area (Å²) < 4.78 is 10.1. The largest absolute Gasteiger partial charge is 0.309 e. The van der Waals surface area contributed by atoms with E-state index in [0.717, 1.165) is 11.4 Å². The Hall–Kier alpha value is -10.4. The Bertz CT molecular complexity index is 5790. The highest BCUT2D eigenvalue weighted by atomic mass is 15.0. The van der Waals surface area contributed by atoms with Gasteiger partial charge in [0, 0.05) is 87.1 Å². The molecular formula is C74H42N4. The van der Waals surface area contributed by atoms with Gasteiger partial charge in [-0.25, -0.2) is 0 Å². The summed E-state index contributed by atoms with van der Waals surface area (Å²) in [4.78, 5) is 0. The van der Waals surface area contributed by atoms with Gasteiger partial charge in [0.1, 0.15) is 0 Å². The molecule has 0 amide bonds. The molecular weight excluding hydrogens is 945 g/mol. The Balaban J connectivity index is 0.933. The molecule has 0 radical (unpaired) electrons. The van der Waals surface area contributed by atoms with Crippen LogP contribution in [0.25, 0.3) is 175 Å². The van der Waals surface area contributed by atoms with Gasteiger partial charge in [0.2, 0.25) is 0 Å². The zero-order valence-electron chi connectivity index (χ0n) is 42.0. The quantitative estimate of drug-likeness (QED) is 0.167. The normalized spacial score (nSPS) is 12.6. The van der Waals surface area contributed by atoms with Crippen LogP contribution < -0.4 is 0 Å². The van der Waals surface area contributed by atoms with Gasteiger partial charge in [0.25, 0.3) is 0 Å². The first-order valence-corrected chi connectivity index (χ1v) is 27.1. The second-order valence-corrected chi connectivity index (χ2v) is 21.5. The molecule has 0 spiro atoms. The SMILES string of the molecule is c1ccc(-n2c3ccccc3c3cc(-c4cccc5c6cc7ccccc7c7c8cc9c(cc8n(c45)c67)c4cc5ccccc5c5c6cccc(-c7ccc8c(c7)c7ccccc7n8-c7ccccc7)c6n9c45)ccc32)cc1. The first kappa shape index (κ1) is 40.9. The maximum atomic E-state index is 2.63. The van der Waals surface area contributed by atoms with Crippen LogP contribution in [0.4, 0.5) is 0 Å². The van der Waals surface area contributed by atoms with Crippen LogP contribution in [0.15, 0.2) is 255 Å². The van der Waals surface area contributed by atoms with Crippen LogP contribution in [0.5, 0.6) is 0 Å². The molecule has 4 heteroatoms. The van der Waals surface area contributed by atoms with E-state index in [1.54, 1.807) is 0 Å². The molecule has 78 heavy (non-hydrogen) atoms. The number of hydrogen-bond acceptors (Lipinski definition) is 0. The highest BCUT2D eigenvalue weighted by molar-refractivity contribution is 6.37. The molecule has 0 bridgehead atoms. The minimum atomic E-state index is 1.16. The van der Waals surface area contributed by atoms with E-state index >= 15 is 0 Å². The fraction of sp³-hybridized carbons (Fsp3) is 0. The lowest BCUT2D eigenvalue weighted by molar-refractivity contribution is 1.18. The van der Waals surface area contributed by atoms with E-state index in [1.807, 2.05) is 0 Å². The van der Waals surface area contributed by atoms with Gasteiger partial charge in [0.15, 0.2) is 0 Å². The standard InChI is InChI=1S/C74H42N4/c1-3-19-47(20-4-1)75-63-31-13-11-25-53(63)57-37-45(33-35-65(57)75)51-27-15-29-55-60-39-43-17-8-10-24-50(43)70-62-42-67-59(41-68(62)78(71(51)55)73(60)70)61-40-44-18-7-9-23-49(44)69-56-30-16-28-52(72(56)77(67)74(61)69)46-34-36-66-58(38-46)54-26-12-14-32-64(54)76(66)48-21-5-2-6-22-48/h1-42H. The number of aromatic nitrogens is 4. The molecule has 0 saturated carbocycles. The summed E-state index contributed by atoms with van der Waals surface area (Å²) in [7, 11) is 0. The number of fused-ring (bicyclic) bond motifs is 22. The predicted octanol–water partition coefficient (Wildman–Crippen LogP) is 19.8. The van der Waals surface area contributed by atoms with Crippen molar-refractivity contribution >= 4 is 141 Å². The maximum Gasteiger partial charge on any atom is 0.0627 e. The Morgan fingerprint density at radius 2 is 0.603 bits per heavy atom. The van der Waals surface area contributed by atoms with Gasteiger partial charge in [-0.2, -0.15) is 0 Å². The third-order valence-electron chi connectivity index (χ3n) is 17.7. The minimum Gasteiger partial charge on any atom is -0.309 e. The molecule has 13 aromatic carbocycles. The highest BCUT2D eigenvalue weighted by Crippen LogP contribution is 2.51. The molecule has 19 rings (SSSR count). The van der Waals surface area contributed by atoms with E-state index in [0.29, 0.717) is 0 Å². The number of rotatable bonds is 4. The Morgan fingerprint density at radius 1 is 0.205 bits per heavy atom. The van der Waals surface area contributed by atoms with Crippen molar-refractivity contribution in [2.45, 2.75) is 0 Å². The lowest BCUT2D eigenvalue weighted by Crippen LogP contribution is -1.93. The summed E-state index contributed by atoms with van der Waals surface area (Å²) in [6, 6.07) is 95.4. The Labute approximate surface area is 445 Å². The summed E-state index contributed by atoms with van der Waals surface area (Å²) in [5.74, 6) is 0. The molecule has 4 nitrogen and oxygen atoms in total. The molecule has 6 heterocycles. The lowest BCUT2D eigenvalue weighted by Gasteiger charge is -2.10. The van der Waals surface area contributed by atoms with Crippen molar-refractivity contribution in [3.8, 4) is 33.6 Å². The van der Waals surface area contributed by atoms with E-state index in [-0.39, 0.29) is 0 Å². The number of para-hydroxylation sites is 6. The summed E-state index contributed by atoms with van der Waals surface area (Å²) >= 11 is 0. The van der Waals surface area contributed by atoms with E-state index in [4.69, 9.17) is 0 Å². The van der Waals surface area contributed by atoms with Gasteiger partial charge in [-0.1, -0.05) is 170 Å². The highest BCUT2D eigenvalue weighted by Gasteiger charge is 2.27. The molecule has 0 aliphatic heterocycles. The summed E-state index contributed by atoms with van der Waals surface area (Å²) in [5.41, 5.74) is 19.5. The van der Waals surface area contributed by atoms with Crippen LogP contribution in [-0.4, -0.2) is 17.9 Å². The molecule has 358 valence electrons. The third kappa shape index (κ3) is 5.10. The average molecular weight is 987 g/mol. The number of nitrogens with zero attached hydrogens (tertiary/aromatic N) is 4. The lowest BCUT2D eigenvalue weighted by atomic mass is 9.96. The first-order chi connectivity index (χ1) is 38.7. The molecule has 0 unspecified atom stereocenters. The summed E-state index contributed by atoms with van der Waals surface area (Å²) in [6.07, 6.45) is 0. The third-order valence-corrected chi connectivity index (χ3v) is 17.7. The van der Waals surface area contributed by atoms with Gasteiger partial charge in [-0.05, 0) is 118 Å². The first-order valence-electron chi connectivity index (χ1n) is 27.1. The zero-order chi connectivity index (χ0) is 50.5. The van der Waals surface area contributed by atoms with Crippen LogP contribution in [0.1, 0.15) is 0 Å². The summed E-state index contributed by atoms with van der Waals surface area (Å²) in [5, 5.41) is 20.3. The van der Waals surface area contributed by atoms with Gasteiger partial charge < -0.3 is 17.9 Å². The van der Waals surface area contributed by atoms with Crippen molar-refractivity contribution in [3.63, 3.8) is 0 Å². The molecule has 0 atom stereocenters. The topological polar surface area (TPSA) is 18.7 Å². The molecule has 6 aromatic heterocycles. The Kier molecular flexibility index (Phi) is 7.71. The van der Waals surface area contributed by atoms with E-state index in [9.17, 15) is 0 Å². The molecule has 0 N–H and O–H groups in total. The molecule has 0 fully saturated rings. The second-order valence-electron chi connectivity index (χ2n) is 21.5. The monoisotopic (exact) mass is 986 g/mol. The second kappa shape index (κ2) is 14.7. The fourth-order valence-corrected chi connectivity index (χ4v) is 14.6. The molecule has 0 aliphatic carbocycles. The zero-order valence-corrected chi connectivity index (χ0v) is 42.0. The van der Waals surface area contributed by atoms with Crippen molar-refractivity contribution in [3.05, 3.63) is 255 Å². The number of hydrogen-bond donors (Lipinski definition) is 0. The van der Waals surface area contributed by atoms with Gasteiger partial charge in [-0.15, -0.1) is 0 Å². The summed E-state index contributed by atoms with van der Waals surface area (Å²) in [6.45, 7) is 0. The minimum absolute atomic E-state index is 1.16. The van der Waals surface area contributed by atoms with Crippen LogP contribution >= 0.6 is 0 Å². The van der Waals surface area contributed by atoms with Crippen LogP contribution in [0.3, 0.4) is 0 Å². The van der Waals surface area contributed by atoms with E-state index in [2.05, 4.69) is 273 Å². The fourth-order valence-electron chi connectivity index (χ4n) is 14.6. The van der Waals surface area contributed by atoms with Gasteiger partial charge in [-0.3, -0.25) is 0 Å². The van der Waals surface area contributed by atoms with Crippen molar-refractivity contribution < 1.29 is 0 Å². The maximum absolute atomic E-state index is 2.63.